The molecule has 14 heavy (non-hydrogen) atoms. The van der Waals surface area contributed by atoms with Crippen molar-refractivity contribution in [2.75, 3.05) is 6.54 Å². The normalized spacial score (nSPS) is 34.1. The monoisotopic (exact) mass is 192 g/mol. The van der Waals surface area contributed by atoms with Crippen molar-refractivity contribution in [3.8, 4) is 0 Å². The van der Waals surface area contributed by atoms with Gasteiger partial charge in [0.05, 0.1) is 0 Å². The number of aliphatic carboxylic acids is 1. The summed E-state index contributed by atoms with van der Waals surface area (Å²) in [5, 5.41) is 12.1. The maximum atomic E-state index is 10.9. The number of carboxylic acid groups (broad SMARTS) is 1. The number of carboxylic acids is 1. The molecule has 3 unspecified atom stereocenters. The summed E-state index contributed by atoms with van der Waals surface area (Å²) in [6.07, 6.45) is 2.81. The average Bonchev–Trinajstić information content (AvgIpc) is 2.70. The topological polar surface area (TPSA) is 65.1 Å². The van der Waals surface area contributed by atoms with E-state index in [1.54, 1.807) is 0 Å². The summed E-state index contributed by atoms with van der Waals surface area (Å²) in [7, 11) is 0. The molecule has 0 aromatic carbocycles. The molecular weight excluding hydrogens is 180 g/mol. The van der Waals surface area contributed by atoms with Gasteiger partial charge >= 0.3 is 5.97 Å². The number of hydrogen-bond acceptors (Lipinski definition) is 2. The molecule has 74 valence electrons. The summed E-state index contributed by atoms with van der Waals surface area (Å²) in [5.74, 6) is -0.0741. The molecule has 2 heterocycles. The molecule has 0 bridgehead atoms. The number of rotatable bonds is 1. The van der Waals surface area contributed by atoms with Crippen LogP contribution in [0.1, 0.15) is 17.2 Å². The van der Waals surface area contributed by atoms with E-state index in [2.05, 4.69) is 16.4 Å². The van der Waals surface area contributed by atoms with E-state index in [1.807, 2.05) is 6.20 Å². The second kappa shape index (κ2) is 2.60. The predicted molar refractivity (Wildman–Crippen MR) is 50.2 cm³/mol. The molecule has 1 fully saturated rings. The van der Waals surface area contributed by atoms with Gasteiger partial charge in [0.1, 0.15) is 6.04 Å². The molecule has 1 aliphatic carbocycles. The van der Waals surface area contributed by atoms with E-state index in [4.69, 9.17) is 5.11 Å². The smallest absolute Gasteiger partial charge is 0.321 e. The van der Waals surface area contributed by atoms with Crippen molar-refractivity contribution in [1.82, 2.24) is 10.3 Å². The van der Waals surface area contributed by atoms with Gasteiger partial charge in [0, 0.05) is 24.4 Å². The van der Waals surface area contributed by atoms with Gasteiger partial charge in [-0.2, -0.15) is 0 Å². The third kappa shape index (κ3) is 0.889. The molecule has 1 saturated heterocycles. The molecule has 0 amide bonds. The lowest BCUT2D eigenvalue weighted by atomic mass is 9.91. The van der Waals surface area contributed by atoms with E-state index in [9.17, 15) is 4.79 Å². The van der Waals surface area contributed by atoms with Crippen molar-refractivity contribution in [2.24, 2.45) is 5.92 Å². The van der Waals surface area contributed by atoms with E-state index in [-0.39, 0.29) is 12.0 Å². The van der Waals surface area contributed by atoms with Crippen molar-refractivity contribution >= 4 is 5.97 Å². The molecular formula is C10H12N2O2. The lowest BCUT2D eigenvalue weighted by Gasteiger charge is -2.13. The third-order valence-corrected chi connectivity index (χ3v) is 3.48. The number of carbonyl (C=O) groups is 1. The van der Waals surface area contributed by atoms with Crippen molar-refractivity contribution in [3.63, 3.8) is 0 Å². The van der Waals surface area contributed by atoms with Crippen molar-refractivity contribution in [1.29, 1.82) is 0 Å². The van der Waals surface area contributed by atoms with Crippen molar-refractivity contribution < 1.29 is 9.90 Å². The van der Waals surface area contributed by atoms with E-state index >= 15 is 0 Å². The summed E-state index contributed by atoms with van der Waals surface area (Å²) in [5.41, 5.74) is 2.54. The van der Waals surface area contributed by atoms with Crippen LogP contribution in [-0.2, 0) is 11.2 Å². The summed E-state index contributed by atoms with van der Waals surface area (Å²) < 4.78 is 0. The van der Waals surface area contributed by atoms with Gasteiger partial charge in [-0.3, -0.25) is 4.79 Å². The molecule has 3 rings (SSSR count). The number of hydrogen-bond donors (Lipinski definition) is 3. The van der Waals surface area contributed by atoms with Crippen LogP contribution in [0, 0.1) is 5.92 Å². The van der Waals surface area contributed by atoms with Gasteiger partial charge in [-0.05, 0) is 24.0 Å². The molecule has 0 radical (unpaired) electrons. The van der Waals surface area contributed by atoms with Gasteiger partial charge in [-0.15, -0.1) is 0 Å². The molecule has 3 atom stereocenters. The quantitative estimate of drug-likeness (QED) is 0.600. The van der Waals surface area contributed by atoms with Crippen LogP contribution < -0.4 is 5.32 Å². The standard InChI is InChI=1S/C10H12N2O2/c13-10(14)9-6-3-8-5(1-2-11-8)7(6)4-12-9/h1-2,6-7,9,11-12H,3-4H2,(H,13,14). The summed E-state index contributed by atoms with van der Waals surface area (Å²) in [4.78, 5) is 14.1. The second-order valence-corrected chi connectivity index (χ2v) is 4.11. The summed E-state index contributed by atoms with van der Waals surface area (Å²) in [6.45, 7) is 0.798. The van der Waals surface area contributed by atoms with Gasteiger partial charge in [-0.25, -0.2) is 0 Å². The second-order valence-electron chi connectivity index (χ2n) is 4.11. The average molecular weight is 192 g/mol. The first kappa shape index (κ1) is 8.05. The summed E-state index contributed by atoms with van der Waals surface area (Å²) in [6, 6.07) is 1.71. The van der Waals surface area contributed by atoms with Crippen LogP contribution in [0.15, 0.2) is 12.3 Å². The largest absolute Gasteiger partial charge is 0.480 e. The minimum atomic E-state index is -0.720. The van der Waals surface area contributed by atoms with Crippen LogP contribution in [0.5, 0.6) is 0 Å². The number of aromatic nitrogens is 1. The molecule has 4 heteroatoms. The lowest BCUT2D eigenvalue weighted by Crippen LogP contribution is -2.35. The fraction of sp³-hybridized carbons (Fsp3) is 0.500. The van der Waals surface area contributed by atoms with Crippen LogP contribution in [0.25, 0.3) is 0 Å². The van der Waals surface area contributed by atoms with E-state index < -0.39 is 5.97 Å². The first-order chi connectivity index (χ1) is 6.77. The Kier molecular flexibility index (Phi) is 1.50. The Labute approximate surface area is 81.3 Å². The highest BCUT2D eigenvalue weighted by molar-refractivity contribution is 5.75. The van der Waals surface area contributed by atoms with Gasteiger partial charge in [0.15, 0.2) is 0 Å². The third-order valence-electron chi connectivity index (χ3n) is 3.48. The van der Waals surface area contributed by atoms with Crippen LogP contribution in [-0.4, -0.2) is 28.6 Å². The Bertz CT molecular complexity index is 385. The maximum Gasteiger partial charge on any atom is 0.321 e. The predicted octanol–water partition coefficient (Wildman–Crippen LogP) is 0.327. The minimum absolute atomic E-state index is 0.245. The zero-order valence-electron chi connectivity index (χ0n) is 7.66. The Morgan fingerprint density at radius 3 is 3.21 bits per heavy atom. The summed E-state index contributed by atoms with van der Waals surface area (Å²) >= 11 is 0. The maximum absolute atomic E-state index is 10.9. The Hall–Kier alpha value is -1.29. The zero-order valence-corrected chi connectivity index (χ0v) is 7.66. The highest BCUT2D eigenvalue weighted by Crippen LogP contribution is 2.42. The first-order valence-electron chi connectivity index (χ1n) is 4.89. The van der Waals surface area contributed by atoms with E-state index in [0.29, 0.717) is 5.92 Å². The number of H-pyrrole nitrogens is 1. The Morgan fingerprint density at radius 1 is 1.57 bits per heavy atom. The Morgan fingerprint density at radius 2 is 2.43 bits per heavy atom. The van der Waals surface area contributed by atoms with Gasteiger partial charge in [0.2, 0.25) is 0 Å². The fourth-order valence-corrected chi connectivity index (χ4v) is 2.84. The minimum Gasteiger partial charge on any atom is -0.480 e. The van der Waals surface area contributed by atoms with Gasteiger partial charge in [-0.1, -0.05) is 0 Å². The molecule has 1 aliphatic heterocycles. The fourth-order valence-electron chi connectivity index (χ4n) is 2.84. The molecule has 2 aliphatic rings. The molecule has 1 aromatic heterocycles. The van der Waals surface area contributed by atoms with Gasteiger partial charge < -0.3 is 15.4 Å². The SMILES string of the molecule is O=C(O)C1NCC2c3cc[nH]c3CC12. The molecule has 4 nitrogen and oxygen atoms in total. The van der Waals surface area contributed by atoms with Crippen molar-refractivity contribution in [3.05, 3.63) is 23.5 Å². The van der Waals surface area contributed by atoms with Crippen LogP contribution in [0.2, 0.25) is 0 Å². The molecule has 1 aromatic rings. The first-order valence-corrected chi connectivity index (χ1v) is 4.89. The molecule has 0 saturated carbocycles. The Balaban J connectivity index is 1.94. The van der Waals surface area contributed by atoms with Crippen LogP contribution in [0.4, 0.5) is 0 Å². The highest BCUT2D eigenvalue weighted by atomic mass is 16.4. The van der Waals surface area contributed by atoms with Gasteiger partial charge in [0.25, 0.3) is 0 Å². The van der Waals surface area contributed by atoms with Crippen molar-refractivity contribution in [2.45, 2.75) is 18.4 Å². The van der Waals surface area contributed by atoms with E-state index in [0.717, 1.165) is 13.0 Å². The number of aromatic amines is 1. The van der Waals surface area contributed by atoms with E-state index in [1.165, 1.54) is 11.3 Å². The molecule has 0 spiro atoms. The zero-order chi connectivity index (χ0) is 9.71. The lowest BCUT2D eigenvalue weighted by molar-refractivity contribution is -0.140. The number of nitrogens with one attached hydrogen (secondary N) is 2. The van der Waals surface area contributed by atoms with Crippen LogP contribution in [0.3, 0.4) is 0 Å². The highest BCUT2D eigenvalue weighted by Gasteiger charge is 2.45. The van der Waals surface area contributed by atoms with Crippen LogP contribution >= 0.6 is 0 Å². The molecule has 3 N–H and O–H groups in total. The number of fused-ring (bicyclic) bond motifs is 3.